The summed E-state index contributed by atoms with van der Waals surface area (Å²) >= 11 is 1.54. The van der Waals surface area contributed by atoms with Gasteiger partial charge in [-0.25, -0.2) is 4.39 Å². The van der Waals surface area contributed by atoms with Gasteiger partial charge in [-0.15, -0.1) is 11.3 Å². The first-order valence-corrected chi connectivity index (χ1v) is 8.04. The maximum Gasteiger partial charge on any atom is 0.265 e. The zero-order valence-electron chi connectivity index (χ0n) is 12.2. The van der Waals surface area contributed by atoms with Gasteiger partial charge in [0.1, 0.15) is 5.82 Å². The van der Waals surface area contributed by atoms with Crippen molar-refractivity contribution in [3.8, 4) is 0 Å². The monoisotopic (exact) mass is 303 g/mol. The highest BCUT2D eigenvalue weighted by atomic mass is 32.1. The Morgan fingerprint density at radius 2 is 2.24 bits per heavy atom. The summed E-state index contributed by atoms with van der Waals surface area (Å²) in [6, 6.07) is 6.77. The number of nitrogens with one attached hydrogen (secondary N) is 1. The smallest absolute Gasteiger partial charge is 0.265 e. The second kappa shape index (κ2) is 5.60. The Balaban J connectivity index is 1.83. The van der Waals surface area contributed by atoms with Crippen LogP contribution in [0, 0.1) is 18.7 Å². The van der Waals surface area contributed by atoms with Crippen LogP contribution in [0.3, 0.4) is 0 Å². The van der Waals surface area contributed by atoms with Crippen molar-refractivity contribution in [1.29, 1.82) is 0 Å². The van der Waals surface area contributed by atoms with Crippen molar-refractivity contribution in [3.05, 3.63) is 51.0 Å². The summed E-state index contributed by atoms with van der Waals surface area (Å²) in [5.41, 5.74) is 2.30. The standard InChI is InChI=1S/C17H18FNOS/c1-10-6-7-14-12(8-10)9-15(21-14)17(20)19-16-11(2)4-3-5-13(16)18/h3-5,9-10H,6-8H2,1-2H3,(H,19,20)/t10-/m0/s1. The van der Waals surface area contributed by atoms with Gasteiger partial charge in [0.15, 0.2) is 0 Å². The molecule has 1 atom stereocenters. The van der Waals surface area contributed by atoms with Crippen molar-refractivity contribution < 1.29 is 9.18 Å². The van der Waals surface area contributed by atoms with E-state index in [0.717, 1.165) is 18.4 Å². The summed E-state index contributed by atoms with van der Waals surface area (Å²) in [6.45, 7) is 4.03. The Labute approximate surface area is 128 Å². The molecule has 0 saturated carbocycles. The second-order valence-electron chi connectivity index (χ2n) is 5.79. The van der Waals surface area contributed by atoms with Crippen molar-refractivity contribution in [3.63, 3.8) is 0 Å². The van der Waals surface area contributed by atoms with E-state index in [0.29, 0.717) is 10.8 Å². The van der Waals surface area contributed by atoms with Gasteiger partial charge in [-0.2, -0.15) is 0 Å². The Kier molecular flexibility index (Phi) is 3.81. The molecule has 4 heteroatoms. The van der Waals surface area contributed by atoms with Crippen LogP contribution in [-0.4, -0.2) is 5.91 Å². The molecule has 0 bridgehead atoms. The van der Waals surface area contributed by atoms with Gasteiger partial charge in [0.2, 0.25) is 0 Å². The molecule has 1 amide bonds. The first-order valence-electron chi connectivity index (χ1n) is 7.22. The lowest BCUT2D eigenvalue weighted by molar-refractivity contribution is 0.103. The lowest BCUT2D eigenvalue weighted by atomic mass is 9.90. The predicted molar refractivity (Wildman–Crippen MR) is 84.6 cm³/mol. The van der Waals surface area contributed by atoms with Gasteiger partial charge in [0, 0.05) is 4.88 Å². The largest absolute Gasteiger partial charge is 0.319 e. The highest BCUT2D eigenvalue weighted by Gasteiger charge is 2.21. The van der Waals surface area contributed by atoms with Crippen LogP contribution in [0.1, 0.15) is 39.0 Å². The number of halogens is 1. The van der Waals surface area contributed by atoms with Crippen molar-refractivity contribution >= 4 is 22.9 Å². The number of carbonyl (C=O) groups is 1. The number of thiophene rings is 1. The molecule has 1 N–H and O–H groups in total. The highest BCUT2D eigenvalue weighted by molar-refractivity contribution is 7.14. The van der Waals surface area contributed by atoms with Gasteiger partial charge in [-0.1, -0.05) is 19.1 Å². The number of amides is 1. The lowest BCUT2D eigenvalue weighted by Gasteiger charge is -2.16. The SMILES string of the molecule is Cc1cccc(F)c1NC(=O)c1cc2c(s1)CC[C@H](C)C2. The summed E-state index contributed by atoms with van der Waals surface area (Å²) < 4.78 is 13.8. The molecule has 0 saturated heterocycles. The highest BCUT2D eigenvalue weighted by Crippen LogP contribution is 2.32. The summed E-state index contributed by atoms with van der Waals surface area (Å²) in [4.78, 5) is 14.3. The predicted octanol–water partition coefficient (Wildman–Crippen LogP) is 4.57. The molecule has 0 unspecified atom stereocenters. The van der Waals surface area contributed by atoms with E-state index < -0.39 is 5.82 Å². The molecule has 1 aliphatic rings. The zero-order valence-corrected chi connectivity index (χ0v) is 13.0. The number of hydrogen-bond acceptors (Lipinski definition) is 2. The number of fused-ring (bicyclic) bond motifs is 1. The fourth-order valence-corrected chi connectivity index (χ4v) is 3.89. The molecular weight excluding hydrogens is 285 g/mol. The van der Waals surface area contributed by atoms with Crippen LogP contribution < -0.4 is 5.32 Å². The molecule has 0 spiro atoms. The van der Waals surface area contributed by atoms with E-state index in [1.54, 1.807) is 30.4 Å². The third-order valence-electron chi connectivity index (χ3n) is 4.01. The molecule has 21 heavy (non-hydrogen) atoms. The second-order valence-corrected chi connectivity index (χ2v) is 6.93. The third-order valence-corrected chi connectivity index (χ3v) is 5.25. The minimum Gasteiger partial charge on any atom is -0.319 e. The van der Waals surface area contributed by atoms with Gasteiger partial charge in [-0.05, 0) is 55.4 Å². The lowest BCUT2D eigenvalue weighted by Crippen LogP contribution is -2.12. The summed E-state index contributed by atoms with van der Waals surface area (Å²) in [5, 5.41) is 2.71. The van der Waals surface area contributed by atoms with Gasteiger partial charge in [0.25, 0.3) is 5.91 Å². The fraction of sp³-hybridized carbons (Fsp3) is 0.353. The summed E-state index contributed by atoms with van der Waals surface area (Å²) in [7, 11) is 0. The van der Waals surface area contributed by atoms with Crippen LogP contribution in [0.2, 0.25) is 0 Å². The number of rotatable bonds is 2. The van der Waals surface area contributed by atoms with Gasteiger partial charge < -0.3 is 5.32 Å². The number of para-hydroxylation sites is 1. The minimum atomic E-state index is -0.390. The Bertz CT molecular complexity index is 672. The molecule has 2 nitrogen and oxygen atoms in total. The van der Waals surface area contributed by atoms with Gasteiger partial charge >= 0.3 is 0 Å². The van der Waals surface area contributed by atoms with Crippen LogP contribution in [0.4, 0.5) is 10.1 Å². The average molecular weight is 303 g/mol. The maximum atomic E-state index is 13.8. The fourth-order valence-electron chi connectivity index (χ4n) is 2.78. The molecule has 0 radical (unpaired) electrons. The van der Waals surface area contributed by atoms with Crippen molar-refractivity contribution in [1.82, 2.24) is 0 Å². The molecule has 2 aromatic rings. The Morgan fingerprint density at radius 3 is 3.00 bits per heavy atom. The summed E-state index contributed by atoms with van der Waals surface area (Å²) in [6.07, 6.45) is 3.27. The molecule has 1 heterocycles. The minimum absolute atomic E-state index is 0.213. The molecular formula is C17H18FNOS. The number of hydrogen-bond donors (Lipinski definition) is 1. The molecule has 1 aromatic heterocycles. The van der Waals surface area contributed by atoms with Crippen molar-refractivity contribution in [2.75, 3.05) is 5.32 Å². The molecule has 0 fully saturated rings. The van der Waals surface area contributed by atoms with Crippen LogP contribution in [0.15, 0.2) is 24.3 Å². The van der Waals surface area contributed by atoms with Crippen LogP contribution in [0.25, 0.3) is 0 Å². The van der Waals surface area contributed by atoms with E-state index in [2.05, 4.69) is 12.2 Å². The number of carbonyl (C=O) groups excluding carboxylic acids is 1. The van der Waals surface area contributed by atoms with E-state index in [1.807, 2.05) is 6.07 Å². The first-order chi connectivity index (χ1) is 10.0. The summed E-state index contributed by atoms with van der Waals surface area (Å²) in [5.74, 6) is 0.0744. The normalized spacial score (nSPS) is 17.4. The van der Waals surface area contributed by atoms with E-state index >= 15 is 0 Å². The molecule has 110 valence electrons. The topological polar surface area (TPSA) is 29.1 Å². The maximum absolute atomic E-state index is 13.8. The molecule has 3 rings (SSSR count). The van der Waals surface area contributed by atoms with Crippen molar-refractivity contribution in [2.45, 2.75) is 33.1 Å². The average Bonchev–Trinajstić information content (AvgIpc) is 2.86. The zero-order chi connectivity index (χ0) is 15.0. The number of benzene rings is 1. The van der Waals surface area contributed by atoms with E-state index in [-0.39, 0.29) is 11.6 Å². The van der Waals surface area contributed by atoms with Crippen LogP contribution >= 0.6 is 11.3 Å². The van der Waals surface area contributed by atoms with E-state index in [1.165, 1.54) is 22.9 Å². The molecule has 0 aliphatic heterocycles. The number of aryl methyl sites for hydroxylation is 2. The third kappa shape index (κ3) is 2.86. The van der Waals surface area contributed by atoms with Crippen LogP contribution in [-0.2, 0) is 12.8 Å². The Morgan fingerprint density at radius 1 is 1.43 bits per heavy atom. The number of anilines is 1. The van der Waals surface area contributed by atoms with Gasteiger partial charge in [0.05, 0.1) is 10.6 Å². The molecule has 1 aromatic carbocycles. The van der Waals surface area contributed by atoms with E-state index in [4.69, 9.17) is 0 Å². The van der Waals surface area contributed by atoms with Gasteiger partial charge in [-0.3, -0.25) is 4.79 Å². The van der Waals surface area contributed by atoms with E-state index in [9.17, 15) is 9.18 Å². The first kappa shape index (κ1) is 14.3. The molecule has 1 aliphatic carbocycles. The van der Waals surface area contributed by atoms with Crippen molar-refractivity contribution in [2.24, 2.45) is 5.92 Å². The Hall–Kier alpha value is -1.68. The quantitative estimate of drug-likeness (QED) is 0.865. The van der Waals surface area contributed by atoms with Crippen LogP contribution in [0.5, 0.6) is 0 Å².